The van der Waals surface area contributed by atoms with Crippen LogP contribution in [0.25, 0.3) is 0 Å². The van der Waals surface area contributed by atoms with Gasteiger partial charge < -0.3 is 20.9 Å². The zero-order valence-electron chi connectivity index (χ0n) is 17.0. The van der Waals surface area contributed by atoms with Crippen LogP contribution in [0, 0.1) is 5.92 Å². The smallest absolute Gasteiger partial charge is 0.320 e. The molecule has 0 amide bonds. The van der Waals surface area contributed by atoms with Gasteiger partial charge in [0.25, 0.3) is 0 Å². The van der Waals surface area contributed by atoms with Crippen molar-refractivity contribution in [1.29, 1.82) is 0 Å². The topological polar surface area (TPSA) is 117 Å². The molecule has 0 aromatic heterocycles. The summed E-state index contributed by atoms with van der Waals surface area (Å²) < 4.78 is 10.8. The molecule has 0 fully saturated rings. The fourth-order valence-corrected chi connectivity index (χ4v) is 2.84. The lowest BCUT2D eigenvalue weighted by Gasteiger charge is -2.15. The van der Waals surface area contributed by atoms with E-state index in [1.165, 1.54) is 0 Å². The van der Waals surface area contributed by atoms with E-state index in [1.54, 1.807) is 0 Å². The summed E-state index contributed by atoms with van der Waals surface area (Å²) in [5.74, 6) is -2.04. The van der Waals surface area contributed by atoms with Gasteiger partial charge in [-0.15, -0.1) is 0 Å². The van der Waals surface area contributed by atoms with Gasteiger partial charge >= 0.3 is 11.9 Å². The molecule has 2 aromatic carbocycles. The van der Waals surface area contributed by atoms with E-state index in [0.717, 1.165) is 24.0 Å². The highest BCUT2D eigenvalue weighted by Gasteiger charge is 2.29. The zero-order chi connectivity index (χ0) is 21.6. The van der Waals surface area contributed by atoms with Gasteiger partial charge in [0.1, 0.15) is 13.2 Å². The van der Waals surface area contributed by atoms with Crippen LogP contribution in [0.1, 0.15) is 36.8 Å². The van der Waals surface area contributed by atoms with Crippen LogP contribution in [0.3, 0.4) is 0 Å². The summed E-state index contributed by atoms with van der Waals surface area (Å²) in [7, 11) is 0. The first-order chi connectivity index (χ1) is 14.6. The summed E-state index contributed by atoms with van der Waals surface area (Å²) >= 11 is 0. The van der Waals surface area contributed by atoms with Gasteiger partial charge in [-0.2, -0.15) is 0 Å². The molecule has 2 rings (SSSR count). The Morgan fingerprint density at radius 2 is 1.27 bits per heavy atom. The normalized spacial score (nSPS) is 10.4. The van der Waals surface area contributed by atoms with Gasteiger partial charge in [0.05, 0.1) is 0 Å². The first-order valence-electron chi connectivity index (χ1n) is 10.0. The van der Waals surface area contributed by atoms with Crippen LogP contribution in [0.5, 0.6) is 0 Å². The van der Waals surface area contributed by atoms with Crippen LogP contribution in [0.15, 0.2) is 65.7 Å². The molecule has 30 heavy (non-hydrogen) atoms. The average molecular weight is 412 g/mol. The third-order valence-corrected chi connectivity index (χ3v) is 4.46. The zero-order valence-corrected chi connectivity index (χ0v) is 17.0. The number of carbonyl (C=O) groups is 2. The summed E-state index contributed by atoms with van der Waals surface area (Å²) in [5, 5.41) is 0. The van der Waals surface area contributed by atoms with Crippen molar-refractivity contribution in [2.75, 3.05) is 6.54 Å². The Labute approximate surface area is 177 Å². The van der Waals surface area contributed by atoms with Crippen molar-refractivity contribution < 1.29 is 19.1 Å². The molecule has 0 radical (unpaired) electrons. The highest BCUT2D eigenvalue weighted by Crippen LogP contribution is 2.16. The Bertz CT molecular complexity index is 750. The number of nitrogens with two attached hydrogens (primary N) is 2. The maximum atomic E-state index is 12.6. The Kier molecular flexibility index (Phi) is 9.92. The number of hydrogen-bond donors (Lipinski definition) is 2. The molecule has 0 saturated heterocycles. The highest BCUT2D eigenvalue weighted by molar-refractivity contribution is 5.94. The standard InChI is InChI=1S/C23H29N3O4/c24-23(25)26-15-9-3-8-14-20(21(27)29-16-18-10-4-1-5-11-18)22(28)30-17-19-12-6-2-7-13-19/h1-2,4-7,10-13,20H,3,8-9,14-17H2,(H4,24,25,26). The molecule has 0 heterocycles. The van der Waals surface area contributed by atoms with Crippen molar-refractivity contribution >= 4 is 17.9 Å². The summed E-state index contributed by atoms with van der Waals surface area (Å²) in [4.78, 5) is 29.1. The minimum Gasteiger partial charge on any atom is -0.460 e. The van der Waals surface area contributed by atoms with E-state index in [1.807, 2.05) is 60.7 Å². The average Bonchev–Trinajstić information content (AvgIpc) is 2.76. The molecule has 0 spiro atoms. The van der Waals surface area contributed by atoms with E-state index in [9.17, 15) is 9.59 Å². The molecule has 0 aliphatic heterocycles. The third-order valence-electron chi connectivity index (χ3n) is 4.46. The van der Waals surface area contributed by atoms with Crippen molar-refractivity contribution in [3.05, 3.63) is 71.8 Å². The molecule has 0 aliphatic carbocycles. The first-order valence-corrected chi connectivity index (χ1v) is 10.0. The number of aliphatic imine (C=N–C) groups is 1. The number of unbranched alkanes of at least 4 members (excludes halogenated alkanes) is 2. The fraction of sp³-hybridized carbons (Fsp3) is 0.348. The monoisotopic (exact) mass is 411 g/mol. The number of esters is 2. The van der Waals surface area contributed by atoms with Gasteiger partial charge in [-0.25, -0.2) is 0 Å². The van der Waals surface area contributed by atoms with Crippen molar-refractivity contribution in [3.8, 4) is 0 Å². The van der Waals surface area contributed by atoms with Crippen LogP contribution in [-0.2, 0) is 32.3 Å². The molecule has 2 aromatic rings. The summed E-state index contributed by atoms with van der Waals surface area (Å²) in [5.41, 5.74) is 12.3. The lowest BCUT2D eigenvalue weighted by molar-refractivity contribution is -0.164. The van der Waals surface area contributed by atoms with E-state index in [0.29, 0.717) is 19.4 Å². The van der Waals surface area contributed by atoms with Crippen molar-refractivity contribution in [1.82, 2.24) is 0 Å². The first kappa shape index (κ1) is 22.9. The molecule has 7 heteroatoms. The van der Waals surface area contributed by atoms with Crippen molar-refractivity contribution in [2.24, 2.45) is 22.4 Å². The van der Waals surface area contributed by atoms with Crippen LogP contribution < -0.4 is 11.5 Å². The van der Waals surface area contributed by atoms with Crippen molar-refractivity contribution in [2.45, 2.75) is 38.9 Å². The second-order valence-corrected chi connectivity index (χ2v) is 6.90. The SMILES string of the molecule is NC(N)=NCCCCCC(C(=O)OCc1ccccc1)C(=O)OCc1ccccc1. The highest BCUT2D eigenvalue weighted by atomic mass is 16.6. The number of guanidine groups is 1. The minimum atomic E-state index is -0.958. The van der Waals surface area contributed by atoms with Gasteiger partial charge in [-0.3, -0.25) is 14.6 Å². The van der Waals surface area contributed by atoms with E-state index in [4.69, 9.17) is 20.9 Å². The lowest BCUT2D eigenvalue weighted by Crippen LogP contribution is -2.28. The molecular weight excluding hydrogens is 382 g/mol. The van der Waals surface area contributed by atoms with Gasteiger partial charge in [0, 0.05) is 6.54 Å². The van der Waals surface area contributed by atoms with Crippen LogP contribution in [0.4, 0.5) is 0 Å². The predicted octanol–water partition coefficient (Wildman–Crippen LogP) is 2.92. The summed E-state index contributed by atoms with van der Waals surface area (Å²) in [6.07, 6.45) is 2.56. The molecule has 0 atom stereocenters. The number of carbonyl (C=O) groups excluding carboxylic acids is 2. The Morgan fingerprint density at radius 3 is 1.73 bits per heavy atom. The lowest BCUT2D eigenvalue weighted by atomic mass is 10.0. The Balaban J connectivity index is 1.89. The molecule has 7 nitrogen and oxygen atoms in total. The molecule has 0 unspecified atom stereocenters. The molecule has 0 bridgehead atoms. The van der Waals surface area contributed by atoms with E-state index in [-0.39, 0.29) is 19.2 Å². The molecule has 4 N–H and O–H groups in total. The number of benzene rings is 2. The van der Waals surface area contributed by atoms with E-state index >= 15 is 0 Å². The Hall–Kier alpha value is -3.35. The third kappa shape index (κ3) is 8.77. The summed E-state index contributed by atoms with van der Waals surface area (Å²) in [6.45, 7) is 0.753. The second kappa shape index (κ2) is 13.0. The predicted molar refractivity (Wildman–Crippen MR) is 115 cm³/mol. The molecule has 0 aliphatic rings. The largest absolute Gasteiger partial charge is 0.460 e. The maximum Gasteiger partial charge on any atom is 0.320 e. The van der Waals surface area contributed by atoms with Gasteiger partial charge in [0.15, 0.2) is 11.9 Å². The quantitative estimate of drug-likeness (QED) is 0.182. The number of ether oxygens (including phenoxy) is 2. The second-order valence-electron chi connectivity index (χ2n) is 6.90. The van der Waals surface area contributed by atoms with E-state index in [2.05, 4.69) is 4.99 Å². The van der Waals surface area contributed by atoms with Crippen LogP contribution in [0.2, 0.25) is 0 Å². The number of rotatable bonds is 12. The van der Waals surface area contributed by atoms with Crippen molar-refractivity contribution in [3.63, 3.8) is 0 Å². The molecule has 160 valence electrons. The Morgan fingerprint density at radius 1 is 0.767 bits per heavy atom. The number of nitrogens with zero attached hydrogens (tertiary/aromatic N) is 1. The molecule has 0 saturated carbocycles. The molecular formula is C23H29N3O4. The number of hydrogen-bond acceptors (Lipinski definition) is 5. The van der Waals surface area contributed by atoms with Gasteiger partial charge in [0.2, 0.25) is 0 Å². The van der Waals surface area contributed by atoms with Crippen LogP contribution >= 0.6 is 0 Å². The maximum absolute atomic E-state index is 12.6. The van der Waals surface area contributed by atoms with Crippen LogP contribution in [-0.4, -0.2) is 24.4 Å². The fourth-order valence-electron chi connectivity index (χ4n) is 2.84. The summed E-state index contributed by atoms with van der Waals surface area (Å²) in [6, 6.07) is 18.7. The van der Waals surface area contributed by atoms with Gasteiger partial charge in [-0.05, 0) is 24.0 Å². The van der Waals surface area contributed by atoms with Gasteiger partial charge in [-0.1, -0.05) is 73.5 Å². The van der Waals surface area contributed by atoms with E-state index < -0.39 is 17.9 Å². The minimum absolute atomic E-state index is 0.0573.